The van der Waals surface area contributed by atoms with Crippen molar-refractivity contribution >= 4 is 48.8 Å². The van der Waals surface area contributed by atoms with Gasteiger partial charge in [-0.1, -0.05) is 30.4 Å². The van der Waals surface area contributed by atoms with Gasteiger partial charge in [-0.15, -0.1) is 0 Å². The lowest BCUT2D eigenvalue weighted by molar-refractivity contribution is 0.275. The molecule has 0 aliphatic heterocycles. The number of hydrazone groups is 1. The Morgan fingerprint density at radius 1 is 1.23 bits per heavy atom. The second-order valence-electron chi connectivity index (χ2n) is 5.47. The Kier molecular flexibility index (Phi) is 6.46. The highest BCUT2D eigenvalue weighted by molar-refractivity contribution is 9.10. The number of ether oxygens (including phenoxy) is 2. The number of anilines is 1. The van der Waals surface area contributed by atoms with E-state index < -0.39 is 0 Å². The first kappa shape index (κ1) is 18.7. The summed E-state index contributed by atoms with van der Waals surface area (Å²) in [6.07, 6.45) is 2.68. The molecule has 0 saturated carbocycles. The zero-order valence-corrected chi connectivity index (χ0v) is 17.1. The minimum Gasteiger partial charge on any atom is -0.490 e. The van der Waals surface area contributed by atoms with Crippen LogP contribution in [-0.4, -0.2) is 24.4 Å². The van der Waals surface area contributed by atoms with Crippen molar-refractivity contribution in [2.24, 2.45) is 5.10 Å². The van der Waals surface area contributed by atoms with E-state index in [2.05, 4.69) is 38.4 Å². The van der Waals surface area contributed by atoms with Gasteiger partial charge in [0.25, 0.3) is 0 Å². The number of nitrogens with one attached hydrogen (secondary N) is 1. The van der Waals surface area contributed by atoms with Gasteiger partial charge in [-0.05, 0) is 59.1 Å². The van der Waals surface area contributed by atoms with E-state index in [1.165, 1.54) is 0 Å². The van der Waals surface area contributed by atoms with Gasteiger partial charge in [-0.2, -0.15) is 5.10 Å². The first-order valence-corrected chi connectivity index (χ1v) is 10.1. The van der Waals surface area contributed by atoms with Crippen LogP contribution in [0.4, 0.5) is 5.13 Å². The van der Waals surface area contributed by atoms with Crippen molar-refractivity contribution in [1.29, 1.82) is 0 Å². The molecule has 5 nitrogen and oxygen atoms in total. The molecule has 1 N–H and O–H groups in total. The molecule has 26 heavy (non-hydrogen) atoms. The summed E-state index contributed by atoms with van der Waals surface area (Å²) in [5.41, 5.74) is 4.86. The van der Waals surface area contributed by atoms with Crippen molar-refractivity contribution < 1.29 is 9.47 Å². The van der Waals surface area contributed by atoms with Crippen LogP contribution in [0.3, 0.4) is 0 Å². The van der Waals surface area contributed by atoms with Gasteiger partial charge in [-0.25, -0.2) is 4.98 Å². The molecule has 2 aromatic carbocycles. The zero-order chi connectivity index (χ0) is 18.4. The highest BCUT2D eigenvalue weighted by atomic mass is 79.9. The number of fused-ring (bicyclic) bond motifs is 1. The standard InChI is InChI=1S/C19H20BrN3O2S/c1-3-9-25-18-14(20)10-13(11-16(18)24-4-2)12-21-23-19-22-15-7-5-6-8-17(15)26-19/h5-8,10-12H,3-4,9H2,1-2H3,(H,22,23)/b21-12-. The van der Waals surface area contributed by atoms with Crippen LogP contribution in [0.1, 0.15) is 25.8 Å². The first-order chi connectivity index (χ1) is 12.7. The van der Waals surface area contributed by atoms with Gasteiger partial charge < -0.3 is 9.47 Å². The van der Waals surface area contributed by atoms with E-state index in [1.807, 2.05) is 43.3 Å². The van der Waals surface area contributed by atoms with E-state index in [-0.39, 0.29) is 0 Å². The molecule has 0 radical (unpaired) electrons. The predicted octanol–water partition coefficient (Wildman–Crippen LogP) is 5.69. The number of benzene rings is 2. The molecular weight excluding hydrogens is 414 g/mol. The van der Waals surface area contributed by atoms with Gasteiger partial charge in [0.15, 0.2) is 11.5 Å². The average Bonchev–Trinajstić information content (AvgIpc) is 3.04. The minimum atomic E-state index is 0.569. The summed E-state index contributed by atoms with van der Waals surface area (Å²) in [5, 5.41) is 5.06. The lowest BCUT2D eigenvalue weighted by Gasteiger charge is -2.14. The van der Waals surface area contributed by atoms with Gasteiger partial charge in [-0.3, -0.25) is 5.43 Å². The summed E-state index contributed by atoms with van der Waals surface area (Å²) in [7, 11) is 0. The highest BCUT2D eigenvalue weighted by Crippen LogP contribution is 2.36. The van der Waals surface area contributed by atoms with Crippen molar-refractivity contribution in [3.63, 3.8) is 0 Å². The Hall–Kier alpha value is -2.12. The third kappa shape index (κ3) is 4.53. The molecule has 3 rings (SSSR count). The lowest BCUT2D eigenvalue weighted by atomic mass is 10.2. The molecule has 0 amide bonds. The predicted molar refractivity (Wildman–Crippen MR) is 112 cm³/mol. The number of aromatic nitrogens is 1. The van der Waals surface area contributed by atoms with Gasteiger partial charge in [0.1, 0.15) is 0 Å². The van der Waals surface area contributed by atoms with Crippen LogP contribution >= 0.6 is 27.3 Å². The maximum atomic E-state index is 5.79. The van der Waals surface area contributed by atoms with Crippen LogP contribution in [0.2, 0.25) is 0 Å². The fourth-order valence-corrected chi connectivity index (χ4v) is 3.74. The number of hydrogen-bond donors (Lipinski definition) is 1. The fourth-order valence-electron chi connectivity index (χ4n) is 2.35. The monoisotopic (exact) mass is 433 g/mol. The Morgan fingerprint density at radius 3 is 2.85 bits per heavy atom. The van der Waals surface area contributed by atoms with E-state index in [1.54, 1.807) is 17.6 Å². The van der Waals surface area contributed by atoms with Crippen LogP contribution in [-0.2, 0) is 0 Å². The van der Waals surface area contributed by atoms with Crippen molar-refractivity contribution in [3.05, 3.63) is 46.4 Å². The summed E-state index contributed by atoms with van der Waals surface area (Å²) in [4.78, 5) is 4.50. The number of halogens is 1. The molecule has 0 bridgehead atoms. The number of nitrogens with zero attached hydrogens (tertiary/aromatic N) is 2. The van der Waals surface area contributed by atoms with Crippen LogP contribution in [0.25, 0.3) is 10.2 Å². The van der Waals surface area contributed by atoms with Crippen molar-refractivity contribution in [1.82, 2.24) is 4.98 Å². The molecule has 1 heterocycles. The van der Waals surface area contributed by atoms with E-state index in [9.17, 15) is 0 Å². The molecule has 1 aromatic heterocycles. The van der Waals surface area contributed by atoms with E-state index in [0.717, 1.165) is 37.6 Å². The van der Waals surface area contributed by atoms with E-state index in [0.29, 0.717) is 19.0 Å². The maximum absolute atomic E-state index is 5.79. The third-order valence-electron chi connectivity index (χ3n) is 3.45. The Morgan fingerprint density at radius 2 is 2.08 bits per heavy atom. The van der Waals surface area contributed by atoms with Crippen LogP contribution in [0, 0.1) is 0 Å². The first-order valence-electron chi connectivity index (χ1n) is 8.45. The molecule has 136 valence electrons. The van der Waals surface area contributed by atoms with Gasteiger partial charge in [0, 0.05) is 0 Å². The summed E-state index contributed by atoms with van der Waals surface area (Å²) in [5.74, 6) is 1.43. The highest BCUT2D eigenvalue weighted by Gasteiger charge is 2.11. The molecule has 0 saturated heterocycles. The number of rotatable bonds is 8. The van der Waals surface area contributed by atoms with Gasteiger partial charge >= 0.3 is 0 Å². The largest absolute Gasteiger partial charge is 0.490 e. The average molecular weight is 434 g/mol. The number of para-hydroxylation sites is 1. The zero-order valence-electron chi connectivity index (χ0n) is 14.7. The number of thiazole rings is 1. The SMILES string of the molecule is CCCOc1c(Br)cc(/C=N\Nc2nc3ccccc3s2)cc1OCC. The van der Waals surface area contributed by atoms with E-state index in [4.69, 9.17) is 9.47 Å². The summed E-state index contributed by atoms with van der Waals surface area (Å²) in [6, 6.07) is 11.9. The molecule has 3 aromatic rings. The van der Waals surface area contributed by atoms with Crippen LogP contribution < -0.4 is 14.9 Å². The molecule has 0 atom stereocenters. The van der Waals surface area contributed by atoms with Crippen molar-refractivity contribution in [3.8, 4) is 11.5 Å². The van der Waals surface area contributed by atoms with Crippen LogP contribution in [0.5, 0.6) is 11.5 Å². The molecule has 0 fully saturated rings. The Balaban J connectivity index is 1.76. The fraction of sp³-hybridized carbons (Fsp3) is 0.263. The van der Waals surface area contributed by atoms with E-state index >= 15 is 0 Å². The molecular formula is C19H20BrN3O2S. The third-order valence-corrected chi connectivity index (χ3v) is 4.98. The maximum Gasteiger partial charge on any atom is 0.204 e. The van der Waals surface area contributed by atoms with Gasteiger partial charge in [0.2, 0.25) is 5.13 Å². The molecule has 0 aliphatic carbocycles. The summed E-state index contributed by atoms with van der Waals surface area (Å²) in [6.45, 7) is 5.24. The molecule has 0 aliphatic rings. The molecule has 0 unspecified atom stereocenters. The van der Waals surface area contributed by atoms with Crippen LogP contribution in [0.15, 0.2) is 46.0 Å². The minimum absolute atomic E-state index is 0.569. The smallest absolute Gasteiger partial charge is 0.204 e. The quantitative estimate of drug-likeness (QED) is 0.366. The Labute approximate surface area is 165 Å². The van der Waals surface area contributed by atoms with Crippen molar-refractivity contribution in [2.75, 3.05) is 18.6 Å². The molecule has 0 spiro atoms. The second-order valence-corrected chi connectivity index (χ2v) is 7.35. The Bertz CT molecular complexity index is 878. The normalized spacial score (nSPS) is 11.2. The van der Waals surface area contributed by atoms with Gasteiger partial charge in [0.05, 0.1) is 34.1 Å². The lowest BCUT2D eigenvalue weighted by Crippen LogP contribution is -2.02. The topological polar surface area (TPSA) is 55.7 Å². The number of hydrogen-bond acceptors (Lipinski definition) is 6. The molecule has 7 heteroatoms. The summed E-state index contributed by atoms with van der Waals surface area (Å²) < 4.78 is 13.5. The summed E-state index contributed by atoms with van der Waals surface area (Å²) >= 11 is 5.13. The van der Waals surface area contributed by atoms with Crippen molar-refractivity contribution in [2.45, 2.75) is 20.3 Å². The second kappa shape index (κ2) is 9.00.